The molecule has 108 valence electrons. The van der Waals surface area contributed by atoms with E-state index in [0.29, 0.717) is 18.5 Å². The standard InChI is InChI=1S/C15H19NO3S/c1-11(17)12-6-7-15-13(10-12)8-9-16(15)20(18,19)14-4-2-3-5-14/h6-7,10,14H,2-5,8-9H2,1H3. The van der Waals surface area contributed by atoms with Crippen LogP contribution in [0.1, 0.15) is 48.5 Å². The third kappa shape index (κ3) is 2.14. The van der Waals surface area contributed by atoms with Crippen LogP contribution in [-0.4, -0.2) is 26.0 Å². The van der Waals surface area contributed by atoms with Gasteiger partial charge in [0.2, 0.25) is 10.0 Å². The molecule has 0 N–H and O–H groups in total. The number of benzene rings is 1. The van der Waals surface area contributed by atoms with E-state index in [1.165, 1.54) is 6.92 Å². The van der Waals surface area contributed by atoms with Crippen molar-refractivity contribution in [2.75, 3.05) is 10.8 Å². The Morgan fingerprint density at radius 2 is 1.95 bits per heavy atom. The minimum absolute atomic E-state index is 0.0184. The van der Waals surface area contributed by atoms with Crippen LogP contribution in [0.3, 0.4) is 0 Å². The molecule has 0 atom stereocenters. The minimum atomic E-state index is -3.24. The summed E-state index contributed by atoms with van der Waals surface area (Å²) in [6.45, 7) is 2.04. The summed E-state index contributed by atoms with van der Waals surface area (Å²) < 4.78 is 26.9. The highest BCUT2D eigenvalue weighted by atomic mass is 32.2. The number of fused-ring (bicyclic) bond motifs is 1. The molecular weight excluding hydrogens is 274 g/mol. The van der Waals surface area contributed by atoms with E-state index < -0.39 is 10.0 Å². The number of sulfonamides is 1. The highest BCUT2D eigenvalue weighted by Crippen LogP contribution is 2.36. The molecule has 1 aliphatic carbocycles. The highest BCUT2D eigenvalue weighted by Gasteiger charge is 2.37. The molecule has 1 heterocycles. The van der Waals surface area contributed by atoms with Gasteiger partial charge >= 0.3 is 0 Å². The van der Waals surface area contributed by atoms with E-state index in [9.17, 15) is 13.2 Å². The first-order valence-electron chi connectivity index (χ1n) is 7.15. The second-order valence-electron chi connectivity index (χ2n) is 5.67. The fraction of sp³-hybridized carbons (Fsp3) is 0.533. The zero-order chi connectivity index (χ0) is 14.3. The molecule has 1 aromatic carbocycles. The van der Waals surface area contributed by atoms with E-state index in [4.69, 9.17) is 0 Å². The van der Waals surface area contributed by atoms with Crippen LogP contribution in [0.2, 0.25) is 0 Å². The maximum absolute atomic E-state index is 12.7. The van der Waals surface area contributed by atoms with Crippen molar-refractivity contribution in [3.63, 3.8) is 0 Å². The van der Waals surface area contributed by atoms with Gasteiger partial charge in [-0.25, -0.2) is 8.42 Å². The van der Waals surface area contributed by atoms with Crippen molar-refractivity contribution in [1.29, 1.82) is 0 Å². The van der Waals surface area contributed by atoms with Gasteiger partial charge in [0.15, 0.2) is 5.78 Å². The highest BCUT2D eigenvalue weighted by molar-refractivity contribution is 7.93. The Labute approximate surface area is 119 Å². The van der Waals surface area contributed by atoms with Gasteiger partial charge in [-0.2, -0.15) is 0 Å². The van der Waals surface area contributed by atoms with Crippen molar-refractivity contribution >= 4 is 21.5 Å². The first kappa shape index (κ1) is 13.6. The lowest BCUT2D eigenvalue weighted by atomic mass is 10.1. The van der Waals surface area contributed by atoms with Gasteiger partial charge in [0.1, 0.15) is 0 Å². The van der Waals surface area contributed by atoms with Crippen LogP contribution in [0, 0.1) is 0 Å². The second-order valence-corrected chi connectivity index (χ2v) is 7.81. The topological polar surface area (TPSA) is 54.5 Å². The quantitative estimate of drug-likeness (QED) is 0.805. The Morgan fingerprint density at radius 1 is 1.25 bits per heavy atom. The van der Waals surface area contributed by atoms with Crippen molar-refractivity contribution in [1.82, 2.24) is 0 Å². The fourth-order valence-electron chi connectivity index (χ4n) is 3.22. The third-order valence-corrected chi connectivity index (χ3v) is 6.68. The molecule has 1 aromatic rings. The fourth-order valence-corrected chi connectivity index (χ4v) is 5.31. The van der Waals surface area contributed by atoms with Crippen molar-refractivity contribution in [2.45, 2.75) is 44.3 Å². The summed E-state index contributed by atoms with van der Waals surface area (Å²) in [5.74, 6) is 0.0184. The zero-order valence-electron chi connectivity index (χ0n) is 11.6. The van der Waals surface area contributed by atoms with Crippen LogP contribution in [0.4, 0.5) is 5.69 Å². The Bertz CT molecular complexity index is 645. The van der Waals surface area contributed by atoms with E-state index in [0.717, 1.165) is 36.9 Å². The molecule has 2 aliphatic rings. The van der Waals surface area contributed by atoms with E-state index in [1.807, 2.05) is 6.07 Å². The van der Waals surface area contributed by atoms with Gasteiger partial charge in [0.25, 0.3) is 0 Å². The van der Waals surface area contributed by atoms with Crippen molar-refractivity contribution in [3.8, 4) is 0 Å². The predicted octanol–water partition coefficient (Wildman–Crippen LogP) is 2.52. The summed E-state index contributed by atoms with van der Waals surface area (Å²) in [7, 11) is -3.24. The number of carbonyl (C=O) groups is 1. The molecular formula is C15H19NO3S. The minimum Gasteiger partial charge on any atom is -0.295 e. The number of hydrogen-bond donors (Lipinski definition) is 0. The predicted molar refractivity (Wildman–Crippen MR) is 78.7 cm³/mol. The summed E-state index contributed by atoms with van der Waals surface area (Å²) in [6.07, 6.45) is 4.27. The number of carbonyl (C=O) groups excluding carboxylic acids is 1. The number of Topliss-reactive ketones (excluding diaryl/α,β-unsaturated/α-hetero) is 1. The molecule has 4 nitrogen and oxygen atoms in total. The molecule has 1 fully saturated rings. The molecule has 1 saturated carbocycles. The summed E-state index contributed by atoms with van der Waals surface area (Å²) in [5, 5.41) is -0.221. The molecule has 5 heteroatoms. The number of ketones is 1. The van der Waals surface area contributed by atoms with Gasteiger partial charge in [-0.05, 0) is 49.9 Å². The van der Waals surface area contributed by atoms with Gasteiger partial charge in [-0.15, -0.1) is 0 Å². The van der Waals surface area contributed by atoms with Crippen molar-refractivity contribution in [3.05, 3.63) is 29.3 Å². The summed E-state index contributed by atoms with van der Waals surface area (Å²) >= 11 is 0. The SMILES string of the molecule is CC(=O)c1ccc2c(c1)CCN2S(=O)(=O)C1CCCC1. The van der Waals surface area contributed by atoms with E-state index in [-0.39, 0.29) is 11.0 Å². The van der Waals surface area contributed by atoms with Crippen LogP contribution >= 0.6 is 0 Å². The molecule has 3 rings (SSSR count). The molecule has 0 aromatic heterocycles. The molecule has 0 radical (unpaired) electrons. The molecule has 0 unspecified atom stereocenters. The number of rotatable bonds is 3. The molecule has 0 saturated heterocycles. The molecule has 0 spiro atoms. The van der Waals surface area contributed by atoms with E-state index in [1.54, 1.807) is 16.4 Å². The lowest BCUT2D eigenvalue weighted by Gasteiger charge is -2.23. The van der Waals surface area contributed by atoms with Crippen LogP contribution < -0.4 is 4.31 Å². The normalized spacial score (nSPS) is 19.4. The first-order valence-corrected chi connectivity index (χ1v) is 8.66. The first-order chi connectivity index (χ1) is 9.50. The number of hydrogen-bond acceptors (Lipinski definition) is 3. The number of nitrogens with zero attached hydrogens (tertiary/aromatic N) is 1. The molecule has 0 amide bonds. The van der Waals surface area contributed by atoms with Gasteiger partial charge in [0, 0.05) is 12.1 Å². The largest absolute Gasteiger partial charge is 0.295 e. The Kier molecular flexibility index (Phi) is 3.32. The molecule has 1 aliphatic heterocycles. The zero-order valence-corrected chi connectivity index (χ0v) is 12.4. The van der Waals surface area contributed by atoms with Gasteiger partial charge in [0.05, 0.1) is 10.9 Å². The van der Waals surface area contributed by atoms with Crippen LogP contribution in [0.15, 0.2) is 18.2 Å². The van der Waals surface area contributed by atoms with Crippen LogP contribution in [0.25, 0.3) is 0 Å². The monoisotopic (exact) mass is 293 g/mol. The Hall–Kier alpha value is -1.36. The average Bonchev–Trinajstić information content (AvgIpc) is 3.07. The lowest BCUT2D eigenvalue weighted by Crippen LogP contribution is -2.36. The maximum Gasteiger partial charge on any atom is 0.238 e. The summed E-state index contributed by atoms with van der Waals surface area (Å²) in [6, 6.07) is 5.34. The van der Waals surface area contributed by atoms with Crippen LogP contribution in [-0.2, 0) is 16.4 Å². The number of anilines is 1. The van der Waals surface area contributed by atoms with Crippen molar-refractivity contribution < 1.29 is 13.2 Å². The Balaban J connectivity index is 1.95. The average molecular weight is 293 g/mol. The summed E-state index contributed by atoms with van der Waals surface area (Å²) in [4.78, 5) is 11.4. The lowest BCUT2D eigenvalue weighted by molar-refractivity contribution is 0.101. The van der Waals surface area contributed by atoms with Crippen LogP contribution in [0.5, 0.6) is 0 Å². The second kappa shape index (κ2) is 4.88. The van der Waals surface area contributed by atoms with Gasteiger partial charge in [-0.1, -0.05) is 12.8 Å². The smallest absolute Gasteiger partial charge is 0.238 e. The third-order valence-electron chi connectivity index (χ3n) is 4.37. The van der Waals surface area contributed by atoms with Gasteiger partial charge < -0.3 is 0 Å². The summed E-state index contributed by atoms with van der Waals surface area (Å²) in [5.41, 5.74) is 2.39. The maximum atomic E-state index is 12.7. The molecule has 20 heavy (non-hydrogen) atoms. The van der Waals surface area contributed by atoms with E-state index >= 15 is 0 Å². The van der Waals surface area contributed by atoms with E-state index in [2.05, 4.69) is 0 Å². The van der Waals surface area contributed by atoms with Crippen molar-refractivity contribution in [2.24, 2.45) is 0 Å². The van der Waals surface area contributed by atoms with Gasteiger partial charge in [-0.3, -0.25) is 9.10 Å². The molecule has 0 bridgehead atoms. The Morgan fingerprint density at radius 3 is 2.60 bits per heavy atom.